The Morgan fingerprint density at radius 3 is 2.93 bits per heavy atom. The zero-order chi connectivity index (χ0) is 10.8. The molecule has 2 rings (SSSR count). The minimum atomic E-state index is 0.0153. The second-order valence-corrected chi connectivity index (χ2v) is 3.15. The Balaban J connectivity index is 2.59. The molecule has 15 heavy (non-hydrogen) atoms. The number of hydrogen-bond acceptors (Lipinski definition) is 4. The summed E-state index contributed by atoms with van der Waals surface area (Å²) in [5.74, 6) is 1.10. The number of ether oxygens (including phenoxy) is 1. The summed E-state index contributed by atoms with van der Waals surface area (Å²) >= 11 is 0. The summed E-state index contributed by atoms with van der Waals surface area (Å²) in [6, 6.07) is 4.93. The first-order valence-electron chi connectivity index (χ1n) is 4.47. The van der Waals surface area contributed by atoms with Crippen molar-refractivity contribution >= 4 is 17.3 Å². The van der Waals surface area contributed by atoms with Crippen molar-refractivity contribution in [2.45, 2.75) is 6.42 Å². The zero-order valence-electron chi connectivity index (χ0n) is 8.19. The fourth-order valence-electron chi connectivity index (χ4n) is 1.46. The molecule has 0 unspecified atom stereocenters. The Hall–Kier alpha value is -1.97. The van der Waals surface area contributed by atoms with Crippen molar-refractivity contribution in [3.63, 3.8) is 0 Å². The first-order chi connectivity index (χ1) is 7.24. The summed E-state index contributed by atoms with van der Waals surface area (Å²) in [6.45, 7) is 0. The second kappa shape index (κ2) is 3.65. The predicted octanol–water partition coefficient (Wildman–Crippen LogP) is 1.89. The third-order valence-electron chi connectivity index (χ3n) is 2.14. The summed E-state index contributed by atoms with van der Waals surface area (Å²) in [6.07, 6.45) is 0.961. The van der Waals surface area contributed by atoms with Gasteiger partial charge in [-0.2, -0.15) is 0 Å². The molecule has 0 atom stereocenters. The highest BCUT2D eigenvalue weighted by atomic mass is 16.5. The minimum Gasteiger partial charge on any atom is -0.504 e. The van der Waals surface area contributed by atoms with Crippen molar-refractivity contribution in [2.75, 3.05) is 7.11 Å². The fraction of sp³-hybridized carbons (Fsp3) is 0.182. The van der Waals surface area contributed by atoms with Crippen LogP contribution in [0, 0.1) is 0 Å². The molecule has 1 aromatic carbocycles. The third-order valence-corrected chi connectivity index (χ3v) is 2.14. The van der Waals surface area contributed by atoms with Crippen molar-refractivity contribution < 1.29 is 19.1 Å². The van der Waals surface area contributed by atoms with E-state index in [1.54, 1.807) is 12.1 Å². The molecule has 0 bridgehead atoms. The van der Waals surface area contributed by atoms with Gasteiger partial charge >= 0.3 is 0 Å². The van der Waals surface area contributed by atoms with Crippen molar-refractivity contribution in [1.82, 2.24) is 0 Å². The molecule has 4 heteroatoms. The van der Waals surface area contributed by atoms with Gasteiger partial charge in [-0.05, 0) is 12.1 Å². The van der Waals surface area contributed by atoms with Crippen LogP contribution >= 0.6 is 0 Å². The number of fused-ring (bicyclic) bond motifs is 1. The molecule has 0 aliphatic heterocycles. The van der Waals surface area contributed by atoms with Crippen LogP contribution in [-0.4, -0.2) is 18.5 Å². The first-order valence-corrected chi connectivity index (χ1v) is 4.47. The van der Waals surface area contributed by atoms with E-state index in [4.69, 9.17) is 9.15 Å². The van der Waals surface area contributed by atoms with E-state index in [1.165, 1.54) is 13.2 Å². The predicted molar refractivity (Wildman–Crippen MR) is 54.2 cm³/mol. The molecular formula is C11H10O4. The van der Waals surface area contributed by atoms with E-state index >= 15 is 0 Å². The van der Waals surface area contributed by atoms with Crippen LogP contribution in [0.5, 0.6) is 11.5 Å². The van der Waals surface area contributed by atoms with Crippen LogP contribution in [0.4, 0.5) is 0 Å². The van der Waals surface area contributed by atoms with Crippen molar-refractivity contribution in [1.29, 1.82) is 0 Å². The number of aldehydes is 1. The lowest BCUT2D eigenvalue weighted by Gasteiger charge is -1.99. The topological polar surface area (TPSA) is 59.7 Å². The number of aromatic hydroxyl groups is 1. The van der Waals surface area contributed by atoms with E-state index in [0.717, 1.165) is 11.7 Å². The number of rotatable bonds is 3. The Bertz CT molecular complexity index is 499. The molecule has 0 aliphatic carbocycles. The van der Waals surface area contributed by atoms with Crippen molar-refractivity contribution in [3.8, 4) is 11.5 Å². The molecule has 0 radical (unpaired) electrons. The maximum atomic E-state index is 10.3. The van der Waals surface area contributed by atoms with E-state index in [9.17, 15) is 9.90 Å². The Kier molecular flexibility index (Phi) is 2.33. The summed E-state index contributed by atoms with van der Waals surface area (Å²) in [4.78, 5) is 10.3. The fourth-order valence-corrected chi connectivity index (χ4v) is 1.46. The van der Waals surface area contributed by atoms with Gasteiger partial charge in [0.15, 0.2) is 11.3 Å². The Morgan fingerprint density at radius 2 is 2.27 bits per heavy atom. The molecule has 0 aliphatic rings. The van der Waals surface area contributed by atoms with Crippen LogP contribution in [0.3, 0.4) is 0 Å². The van der Waals surface area contributed by atoms with Crippen molar-refractivity contribution in [3.05, 3.63) is 24.0 Å². The van der Waals surface area contributed by atoms with Gasteiger partial charge in [0, 0.05) is 11.5 Å². The summed E-state index contributed by atoms with van der Waals surface area (Å²) in [5, 5.41) is 10.3. The monoisotopic (exact) mass is 206 g/mol. The Morgan fingerprint density at radius 1 is 1.47 bits per heavy atom. The third kappa shape index (κ3) is 1.66. The van der Waals surface area contributed by atoms with Gasteiger partial charge in [-0.25, -0.2) is 0 Å². The highest BCUT2D eigenvalue weighted by molar-refractivity contribution is 5.85. The molecule has 1 aromatic heterocycles. The van der Waals surface area contributed by atoms with E-state index in [-0.39, 0.29) is 12.2 Å². The van der Waals surface area contributed by atoms with Crippen LogP contribution in [0.1, 0.15) is 5.76 Å². The summed E-state index contributed by atoms with van der Waals surface area (Å²) < 4.78 is 10.3. The maximum Gasteiger partial charge on any atom is 0.176 e. The van der Waals surface area contributed by atoms with Crippen LogP contribution in [0.2, 0.25) is 0 Å². The summed E-state index contributed by atoms with van der Waals surface area (Å²) in [5.41, 5.74) is 0.382. The zero-order valence-corrected chi connectivity index (χ0v) is 8.19. The molecule has 0 amide bonds. The Labute approximate surface area is 86.1 Å². The number of furan rings is 1. The number of phenols is 1. The first kappa shape index (κ1) is 9.58. The molecule has 78 valence electrons. The second-order valence-electron chi connectivity index (χ2n) is 3.15. The lowest BCUT2D eigenvalue weighted by Crippen LogP contribution is -1.81. The summed E-state index contributed by atoms with van der Waals surface area (Å²) in [7, 11) is 1.52. The van der Waals surface area contributed by atoms with Gasteiger partial charge in [-0.3, -0.25) is 0 Å². The smallest absolute Gasteiger partial charge is 0.176 e. The highest BCUT2D eigenvalue weighted by Gasteiger charge is 2.09. The standard InChI is InChI=1S/C11H10O4/c1-14-9-5-7-4-8(2-3-12)15-11(7)10(13)6-9/h3-6,13H,2H2,1H3. The quantitative estimate of drug-likeness (QED) is 0.779. The number of phenolic OH excluding ortho intramolecular Hbond substituents is 1. The number of hydrogen-bond donors (Lipinski definition) is 1. The number of carbonyl (C=O) groups excluding carboxylic acids is 1. The normalized spacial score (nSPS) is 10.5. The number of benzene rings is 1. The molecule has 0 fully saturated rings. The van der Waals surface area contributed by atoms with E-state index in [2.05, 4.69) is 0 Å². The van der Waals surface area contributed by atoms with Gasteiger partial charge in [-0.15, -0.1) is 0 Å². The molecule has 1 heterocycles. The number of carbonyl (C=O) groups is 1. The molecule has 0 saturated heterocycles. The lowest BCUT2D eigenvalue weighted by molar-refractivity contribution is -0.107. The number of methoxy groups -OCH3 is 1. The average Bonchev–Trinajstić information content (AvgIpc) is 2.61. The van der Waals surface area contributed by atoms with Crippen LogP contribution in [0.15, 0.2) is 22.6 Å². The van der Waals surface area contributed by atoms with Gasteiger partial charge in [0.2, 0.25) is 0 Å². The van der Waals surface area contributed by atoms with E-state index in [1.807, 2.05) is 0 Å². The molecular weight excluding hydrogens is 196 g/mol. The molecule has 1 N–H and O–H groups in total. The molecule has 2 aromatic rings. The van der Waals surface area contributed by atoms with Crippen molar-refractivity contribution in [2.24, 2.45) is 0 Å². The van der Waals surface area contributed by atoms with Gasteiger partial charge in [0.05, 0.1) is 13.5 Å². The highest BCUT2D eigenvalue weighted by Crippen LogP contribution is 2.32. The van der Waals surface area contributed by atoms with Gasteiger partial charge in [0.25, 0.3) is 0 Å². The molecule has 4 nitrogen and oxygen atoms in total. The SMILES string of the molecule is COc1cc(O)c2oc(CC=O)cc2c1. The van der Waals surface area contributed by atoms with Gasteiger partial charge < -0.3 is 19.1 Å². The molecule has 0 saturated carbocycles. The van der Waals surface area contributed by atoms with Gasteiger partial charge in [-0.1, -0.05) is 0 Å². The van der Waals surface area contributed by atoms with E-state index < -0.39 is 0 Å². The van der Waals surface area contributed by atoms with Crippen LogP contribution in [0.25, 0.3) is 11.0 Å². The van der Waals surface area contributed by atoms with E-state index in [0.29, 0.717) is 17.1 Å². The maximum absolute atomic E-state index is 10.3. The van der Waals surface area contributed by atoms with Gasteiger partial charge in [0.1, 0.15) is 17.8 Å². The largest absolute Gasteiger partial charge is 0.504 e. The minimum absolute atomic E-state index is 0.0153. The van der Waals surface area contributed by atoms with Crippen LogP contribution < -0.4 is 4.74 Å². The average molecular weight is 206 g/mol. The molecule has 0 spiro atoms. The van der Waals surface area contributed by atoms with Crippen LogP contribution in [-0.2, 0) is 11.2 Å². The lowest BCUT2D eigenvalue weighted by atomic mass is 10.2.